The standard InChI is InChI=1S/C18H19ClN2O5/c1-18(12-4-6-13(19)7-5-12)16(23)21(17(24)20-18)9-14(22)10-25-11-15-3-2-8-26-15/h2-8,14,22H,9-11H2,1H3,(H,20,24). The molecule has 8 heteroatoms. The first-order valence-electron chi connectivity index (χ1n) is 8.08. The number of nitrogens with one attached hydrogen (secondary N) is 1. The van der Waals surface area contributed by atoms with Crippen molar-refractivity contribution < 1.29 is 23.8 Å². The molecular formula is C18H19ClN2O5. The number of imide groups is 1. The van der Waals surface area contributed by atoms with Crippen LogP contribution in [0.5, 0.6) is 0 Å². The Morgan fingerprint density at radius 1 is 1.31 bits per heavy atom. The fourth-order valence-electron chi connectivity index (χ4n) is 2.80. The highest BCUT2D eigenvalue weighted by molar-refractivity contribution is 6.30. The predicted octanol–water partition coefficient (Wildman–Crippen LogP) is 2.28. The molecule has 2 N–H and O–H groups in total. The molecule has 26 heavy (non-hydrogen) atoms. The van der Waals surface area contributed by atoms with E-state index in [-0.39, 0.29) is 19.8 Å². The van der Waals surface area contributed by atoms with Crippen LogP contribution in [0.2, 0.25) is 5.02 Å². The molecule has 138 valence electrons. The number of hydrogen-bond donors (Lipinski definition) is 2. The van der Waals surface area contributed by atoms with Crippen molar-refractivity contribution in [3.8, 4) is 0 Å². The lowest BCUT2D eigenvalue weighted by Gasteiger charge is -2.23. The molecule has 2 aromatic rings. The van der Waals surface area contributed by atoms with Gasteiger partial charge >= 0.3 is 6.03 Å². The van der Waals surface area contributed by atoms with Crippen molar-refractivity contribution in [2.45, 2.75) is 25.2 Å². The van der Waals surface area contributed by atoms with Crippen molar-refractivity contribution in [2.75, 3.05) is 13.2 Å². The molecule has 1 aliphatic heterocycles. The summed E-state index contributed by atoms with van der Waals surface area (Å²) in [7, 11) is 0. The highest BCUT2D eigenvalue weighted by atomic mass is 35.5. The SMILES string of the molecule is CC1(c2ccc(Cl)cc2)NC(=O)N(CC(O)COCc2ccco2)C1=O. The zero-order valence-corrected chi connectivity index (χ0v) is 14.9. The molecule has 7 nitrogen and oxygen atoms in total. The number of urea groups is 1. The molecule has 3 amide bonds. The fraction of sp³-hybridized carbons (Fsp3) is 0.333. The number of aliphatic hydroxyl groups is 1. The molecule has 0 radical (unpaired) electrons. The van der Waals surface area contributed by atoms with E-state index in [0.717, 1.165) is 4.90 Å². The Labute approximate surface area is 155 Å². The molecule has 1 saturated heterocycles. The molecular weight excluding hydrogens is 360 g/mol. The summed E-state index contributed by atoms with van der Waals surface area (Å²) in [6.45, 7) is 1.63. The van der Waals surface area contributed by atoms with Crippen LogP contribution >= 0.6 is 11.6 Å². The van der Waals surface area contributed by atoms with E-state index < -0.39 is 23.6 Å². The first kappa shape index (κ1) is 18.4. The van der Waals surface area contributed by atoms with Gasteiger partial charge in [-0.05, 0) is 36.8 Å². The number of halogens is 1. The molecule has 1 aromatic carbocycles. The maximum Gasteiger partial charge on any atom is 0.325 e. The number of hydrogen-bond acceptors (Lipinski definition) is 5. The van der Waals surface area contributed by atoms with Gasteiger partial charge in [0.2, 0.25) is 0 Å². The number of furan rings is 1. The predicted molar refractivity (Wildman–Crippen MR) is 93.4 cm³/mol. The smallest absolute Gasteiger partial charge is 0.325 e. The molecule has 0 aliphatic carbocycles. The van der Waals surface area contributed by atoms with E-state index in [0.29, 0.717) is 16.3 Å². The van der Waals surface area contributed by atoms with E-state index in [4.69, 9.17) is 20.8 Å². The summed E-state index contributed by atoms with van der Waals surface area (Å²) >= 11 is 5.88. The van der Waals surface area contributed by atoms with Gasteiger partial charge in [-0.1, -0.05) is 23.7 Å². The van der Waals surface area contributed by atoms with Crippen LogP contribution in [-0.4, -0.2) is 41.2 Å². The summed E-state index contributed by atoms with van der Waals surface area (Å²) in [4.78, 5) is 26.0. The third-order valence-corrected chi connectivity index (χ3v) is 4.48. The van der Waals surface area contributed by atoms with Gasteiger partial charge in [-0.25, -0.2) is 4.79 Å². The molecule has 0 spiro atoms. The van der Waals surface area contributed by atoms with Crippen molar-refractivity contribution >= 4 is 23.5 Å². The Balaban J connectivity index is 1.60. The van der Waals surface area contributed by atoms with Crippen LogP contribution in [0.4, 0.5) is 4.79 Å². The Kier molecular flexibility index (Phi) is 5.31. The van der Waals surface area contributed by atoms with Crippen molar-refractivity contribution in [3.63, 3.8) is 0 Å². The van der Waals surface area contributed by atoms with E-state index in [2.05, 4.69) is 5.32 Å². The van der Waals surface area contributed by atoms with Gasteiger partial charge in [0.05, 0.1) is 25.5 Å². The van der Waals surface area contributed by atoms with Crippen LogP contribution in [-0.2, 0) is 21.7 Å². The maximum absolute atomic E-state index is 12.8. The van der Waals surface area contributed by atoms with E-state index in [1.54, 1.807) is 43.3 Å². The largest absolute Gasteiger partial charge is 0.467 e. The number of benzene rings is 1. The van der Waals surface area contributed by atoms with Crippen LogP contribution in [0, 0.1) is 0 Å². The van der Waals surface area contributed by atoms with Crippen molar-refractivity contribution in [1.82, 2.24) is 10.2 Å². The number of β-amino-alcohol motifs (C(OH)–C–C–N with tert-alkyl or cyclic N) is 1. The molecule has 0 bridgehead atoms. The van der Waals surface area contributed by atoms with Crippen molar-refractivity contribution in [3.05, 3.63) is 59.0 Å². The third-order valence-electron chi connectivity index (χ3n) is 4.22. The minimum absolute atomic E-state index is 0.0323. The highest BCUT2D eigenvalue weighted by Crippen LogP contribution is 2.29. The average molecular weight is 379 g/mol. The summed E-state index contributed by atoms with van der Waals surface area (Å²) < 4.78 is 10.5. The minimum Gasteiger partial charge on any atom is -0.467 e. The van der Waals surface area contributed by atoms with Gasteiger partial charge < -0.3 is 19.6 Å². The Morgan fingerprint density at radius 2 is 2.04 bits per heavy atom. The summed E-state index contributed by atoms with van der Waals surface area (Å²) in [6, 6.07) is 9.61. The lowest BCUT2D eigenvalue weighted by atomic mass is 9.92. The molecule has 1 fully saturated rings. The molecule has 3 rings (SSSR count). The highest BCUT2D eigenvalue weighted by Gasteiger charge is 2.49. The van der Waals surface area contributed by atoms with Crippen molar-refractivity contribution in [1.29, 1.82) is 0 Å². The second kappa shape index (κ2) is 7.49. The average Bonchev–Trinajstić information content (AvgIpc) is 3.19. The number of aliphatic hydroxyl groups excluding tert-OH is 1. The van der Waals surface area contributed by atoms with Gasteiger partial charge in [-0.15, -0.1) is 0 Å². The second-order valence-corrected chi connectivity index (χ2v) is 6.66. The third kappa shape index (κ3) is 3.75. The Morgan fingerprint density at radius 3 is 2.69 bits per heavy atom. The summed E-state index contributed by atoms with van der Waals surface area (Å²) in [5.74, 6) is 0.192. The van der Waals surface area contributed by atoms with Crippen LogP contribution in [0.15, 0.2) is 47.1 Å². The molecule has 2 unspecified atom stereocenters. The molecule has 0 saturated carbocycles. The van der Waals surface area contributed by atoms with Crippen molar-refractivity contribution in [2.24, 2.45) is 0 Å². The maximum atomic E-state index is 12.8. The molecule has 1 aromatic heterocycles. The van der Waals surface area contributed by atoms with Gasteiger partial charge in [0.25, 0.3) is 5.91 Å². The monoisotopic (exact) mass is 378 g/mol. The number of carbonyl (C=O) groups is 2. The Bertz CT molecular complexity index is 777. The van der Waals surface area contributed by atoms with Crippen LogP contribution in [0.25, 0.3) is 0 Å². The molecule has 1 aliphatic rings. The summed E-state index contributed by atoms with van der Waals surface area (Å²) in [5, 5.41) is 13.3. The number of amides is 3. The van der Waals surface area contributed by atoms with Gasteiger partial charge in [0.1, 0.15) is 17.9 Å². The van der Waals surface area contributed by atoms with E-state index in [9.17, 15) is 14.7 Å². The topological polar surface area (TPSA) is 92.0 Å². The van der Waals surface area contributed by atoms with Crippen LogP contribution in [0.3, 0.4) is 0 Å². The first-order valence-corrected chi connectivity index (χ1v) is 8.46. The normalized spacial score (nSPS) is 21.1. The van der Waals surface area contributed by atoms with Gasteiger partial charge in [-0.3, -0.25) is 9.69 Å². The lowest BCUT2D eigenvalue weighted by Crippen LogP contribution is -2.42. The Hall–Kier alpha value is -2.35. The number of ether oxygens (including phenoxy) is 1. The van der Waals surface area contributed by atoms with Crippen LogP contribution in [0.1, 0.15) is 18.2 Å². The molecule has 2 atom stereocenters. The second-order valence-electron chi connectivity index (χ2n) is 6.23. The zero-order chi connectivity index (χ0) is 18.7. The first-order chi connectivity index (χ1) is 12.4. The minimum atomic E-state index is -1.20. The van der Waals surface area contributed by atoms with E-state index >= 15 is 0 Å². The number of rotatable bonds is 7. The van der Waals surface area contributed by atoms with Crippen LogP contribution < -0.4 is 5.32 Å². The van der Waals surface area contributed by atoms with E-state index in [1.165, 1.54) is 6.26 Å². The van der Waals surface area contributed by atoms with Gasteiger partial charge in [0, 0.05) is 5.02 Å². The zero-order valence-electron chi connectivity index (χ0n) is 14.1. The van der Waals surface area contributed by atoms with E-state index in [1.807, 2.05) is 0 Å². The number of nitrogens with zero attached hydrogens (tertiary/aromatic N) is 1. The number of carbonyl (C=O) groups excluding carboxylic acids is 2. The summed E-state index contributed by atoms with van der Waals surface area (Å²) in [5.41, 5.74) is -0.581. The summed E-state index contributed by atoms with van der Waals surface area (Å²) in [6.07, 6.45) is 0.521. The lowest BCUT2D eigenvalue weighted by molar-refractivity contribution is -0.132. The quantitative estimate of drug-likeness (QED) is 0.721. The fourth-order valence-corrected chi connectivity index (χ4v) is 2.92. The van der Waals surface area contributed by atoms with Gasteiger partial charge in [-0.2, -0.15) is 0 Å². The molecule has 2 heterocycles. The van der Waals surface area contributed by atoms with Gasteiger partial charge in [0.15, 0.2) is 0 Å².